The molecule has 0 fully saturated rings. The van der Waals surface area contributed by atoms with Crippen LogP contribution in [0.5, 0.6) is 0 Å². The van der Waals surface area contributed by atoms with Crippen molar-refractivity contribution in [2.24, 2.45) is 0 Å². The van der Waals surface area contributed by atoms with Crippen LogP contribution in [0.1, 0.15) is 11.3 Å². The van der Waals surface area contributed by atoms with Gasteiger partial charge in [-0.1, -0.05) is 18.2 Å². The normalized spacial score (nSPS) is 14.1. The lowest BCUT2D eigenvalue weighted by Crippen LogP contribution is -2.12. The Labute approximate surface area is 99.7 Å². The van der Waals surface area contributed by atoms with E-state index in [2.05, 4.69) is 43.3 Å². The van der Waals surface area contributed by atoms with Crippen molar-refractivity contribution in [1.82, 2.24) is 4.98 Å². The molecule has 0 spiro atoms. The number of aromatic nitrogens is 1. The first-order valence-corrected chi connectivity index (χ1v) is 6.58. The minimum atomic E-state index is 1.06. The summed E-state index contributed by atoms with van der Waals surface area (Å²) in [5, 5.41) is 1.27. The van der Waals surface area contributed by atoms with Gasteiger partial charge in [-0.3, -0.25) is 4.98 Å². The SMILES string of the molecule is CN(C)c1c2c(nc3ccccc13)CSC2. The molecule has 82 valence electrons. The molecule has 1 aromatic heterocycles. The topological polar surface area (TPSA) is 16.1 Å². The standard InChI is InChI=1S/C13H14N2S/c1-15(2)13-9-5-3-4-6-11(9)14-12-8-16-7-10(12)13/h3-6H,7-8H2,1-2H3. The molecule has 0 atom stereocenters. The Morgan fingerprint density at radius 2 is 2.00 bits per heavy atom. The molecule has 2 nitrogen and oxygen atoms in total. The van der Waals surface area contributed by atoms with Crippen LogP contribution in [-0.2, 0) is 11.5 Å². The summed E-state index contributed by atoms with van der Waals surface area (Å²) in [5.74, 6) is 2.15. The Balaban J connectivity index is 2.41. The van der Waals surface area contributed by atoms with Crippen molar-refractivity contribution in [1.29, 1.82) is 0 Å². The zero-order valence-electron chi connectivity index (χ0n) is 9.53. The van der Waals surface area contributed by atoms with Crippen LogP contribution < -0.4 is 4.90 Å². The molecule has 0 unspecified atom stereocenters. The number of fused-ring (bicyclic) bond motifs is 2. The zero-order chi connectivity index (χ0) is 11.1. The van der Waals surface area contributed by atoms with Crippen LogP contribution in [0.15, 0.2) is 24.3 Å². The van der Waals surface area contributed by atoms with Gasteiger partial charge >= 0.3 is 0 Å². The molecule has 0 saturated carbocycles. The second-order valence-corrected chi connectivity index (χ2v) is 5.28. The molecule has 1 aromatic carbocycles. The van der Waals surface area contributed by atoms with Gasteiger partial charge < -0.3 is 4.90 Å². The molecule has 0 saturated heterocycles. The fraction of sp³-hybridized carbons (Fsp3) is 0.308. The molecule has 0 radical (unpaired) electrons. The molecular weight excluding hydrogens is 216 g/mol. The van der Waals surface area contributed by atoms with Gasteiger partial charge in [0, 0.05) is 36.6 Å². The van der Waals surface area contributed by atoms with Crippen LogP contribution in [-0.4, -0.2) is 19.1 Å². The highest BCUT2D eigenvalue weighted by Crippen LogP contribution is 2.39. The third kappa shape index (κ3) is 1.39. The first-order valence-electron chi connectivity index (χ1n) is 5.43. The van der Waals surface area contributed by atoms with E-state index >= 15 is 0 Å². The van der Waals surface area contributed by atoms with Gasteiger partial charge in [-0.25, -0.2) is 0 Å². The number of benzene rings is 1. The van der Waals surface area contributed by atoms with E-state index in [9.17, 15) is 0 Å². The molecule has 2 aromatic rings. The maximum atomic E-state index is 4.75. The van der Waals surface area contributed by atoms with Crippen LogP contribution in [0.25, 0.3) is 10.9 Å². The smallest absolute Gasteiger partial charge is 0.0726 e. The van der Waals surface area contributed by atoms with Crippen LogP contribution in [0.3, 0.4) is 0 Å². The van der Waals surface area contributed by atoms with E-state index in [0.717, 1.165) is 17.0 Å². The van der Waals surface area contributed by atoms with Crippen molar-refractivity contribution >= 4 is 28.4 Å². The van der Waals surface area contributed by atoms with E-state index in [0.29, 0.717) is 0 Å². The summed E-state index contributed by atoms with van der Waals surface area (Å²) in [6.45, 7) is 0. The third-order valence-corrected chi connectivity index (χ3v) is 3.95. The van der Waals surface area contributed by atoms with Gasteiger partial charge in [-0.05, 0) is 6.07 Å². The molecule has 3 heteroatoms. The molecule has 0 aliphatic carbocycles. The van der Waals surface area contributed by atoms with Crippen molar-refractivity contribution in [2.75, 3.05) is 19.0 Å². The molecular formula is C13H14N2S. The summed E-state index contributed by atoms with van der Waals surface area (Å²) in [4.78, 5) is 6.97. The second-order valence-electron chi connectivity index (χ2n) is 4.29. The van der Waals surface area contributed by atoms with E-state index in [1.54, 1.807) is 0 Å². The molecule has 3 rings (SSSR count). The molecule has 0 N–H and O–H groups in total. The molecule has 2 heterocycles. The minimum Gasteiger partial charge on any atom is -0.377 e. The maximum absolute atomic E-state index is 4.75. The lowest BCUT2D eigenvalue weighted by Gasteiger charge is -2.19. The van der Waals surface area contributed by atoms with Gasteiger partial charge in [-0.15, -0.1) is 0 Å². The quantitative estimate of drug-likeness (QED) is 0.749. The number of rotatable bonds is 1. The molecule has 16 heavy (non-hydrogen) atoms. The van der Waals surface area contributed by atoms with Gasteiger partial charge in [-0.2, -0.15) is 11.8 Å². The van der Waals surface area contributed by atoms with Gasteiger partial charge in [0.05, 0.1) is 16.9 Å². The Kier molecular flexibility index (Phi) is 2.28. The summed E-state index contributed by atoms with van der Waals surface area (Å²) in [7, 11) is 4.23. The number of hydrogen-bond acceptors (Lipinski definition) is 3. The van der Waals surface area contributed by atoms with Crippen molar-refractivity contribution in [3.63, 3.8) is 0 Å². The summed E-state index contributed by atoms with van der Waals surface area (Å²) in [5.41, 5.74) is 5.17. The summed E-state index contributed by atoms with van der Waals surface area (Å²) in [6, 6.07) is 8.42. The van der Waals surface area contributed by atoms with Crippen LogP contribution in [0, 0.1) is 0 Å². The van der Waals surface area contributed by atoms with E-state index in [4.69, 9.17) is 4.98 Å². The highest BCUT2D eigenvalue weighted by molar-refractivity contribution is 7.98. The fourth-order valence-corrected chi connectivity index (χ4v) is 3.36. The largest absolute Gasteiger partial charge is 0.377 e. The number of para-hydroxylation sites is 1. The van der Waals surface area contributed by atoms with Crippen molar-refractivity contribution in [3.8, 4) is 0 Å². The molecule has 0 bridgehead atoms. The molecule has 1 aliphatic rings. The van der Waals surface area contributed by atoms with Crippen LogP contribution in [0.2, 0.25) is 0 Å². The van der Waals surface area contributed by atoms with E-state index < -0.39 is 0 Å². The lowest BCUT2D eigenvalue weighted by molar-refractivity contribution is 1.09. The fourth-order valence-electron chi connectivity index (χ4n) is 2.32. The first kappa shape index (κ1) is 9.97. The van der Waals surface area contributed by atoms with E-state index in [1.165, 1.54) is 22.3 Å². The number of pyridine rings is 1. The number of hydrogen-bond donors (Lipinski definition) is 0. The average Bonchev–Trinajstić information content (AvgIpc) is 2.72. The zero-order valence-corrected chi connectivity index (χ0v) is 10.3. The molecule has 1 aliphatic heterocycles. The number of thioether (sulfide) groups is 1. The maximum Gasteiger partial charge on any atom is 0.0726 e. The Morgan fingerprint density at radius 1 is 1.19 bits per heavy atom. The van der Waals surface area contributed by atoms with Crippen molar-refractivity contribution in [3.05, 3.63) is 35.5 Å². The van der Waals surface area contributed by atoms with Gasteiger partial charge in [0.25, 0.3) is 0 Å². The van der Waals surface area contributed by atoms with E-state index in [-0.39, 0.29) is 0 Å². The summed E-state index contributed by atoms with van der Waals surface area (Å²) >= 11 is 1.96. The highest BCUT2D eigenvalue weighted by atomic mass is 32.2. The lowest BCUT2D eigenvalue weighted by atomic mass is 10.1. The minimum absolute atomic E-state index is 1.06. The predicted molar refractivity (Wildman–Crippen MR) is 71.1 cm³/mol. The van der Waals surface area contributed by atoms with Crippen molar-refractivity contribution in [2.45, 2.75) is 11.5 Å². The number of nitrogens with zero attached hydrogens (tertiary/aromatic N) is 2. The molecule has 0 amide bonds. The van der Waals surface area contributed by atoms with E-state index in [1.807, 2.05) is 11.8 Å². The van der Waals surface area contributed by atoms with Crippen molar-refractivity contribution < 1.29 is 0 Å². The van der Waals surface area contributed by atoms with Gasteiger partial charge in [0.2, 0.25) is 0 Å². The summed E-state index contributed by atoms with van der Waals surface area (Å²) < 4.78 is 0. The second kappa shape index (κ2) is 3.67. The Hall–Kier alpha value is -1.22. The third-order valence-electron chi connectivity index (χ3n) is 2.98. The van der Waals surface area contributed by atoms with Crippen LogP contribution >= 0.6 is 11.8 Å². The van der Waals surface area contributed by atoms with Gasteiger partial charge in [0.1, 0.15) is 0 Å². The van der Waals surface area contributed by atoms with Gasteiger partial charge in [0.15, 0.2) is 0 Å². The summed E-state index contributed by atoms with van der Waals surface area (Å²) in [6.07, 6.45) is 0. The number of anilines is 1. The predicted octanol–water partition coefficient (Wildman–Crippen LogP) is 3.05. The Bertz CT molecular complexity index is 549. The highest BCUT2D eigenvalue weighted by Gasteiger charge is 2.20. The van der Waals surface area contributed by atoms with Crippen LogP contribution in [0.4, 0.5) is 5.69 Å². The first-order chi connectivity index (χ1) is 7.77. The Morgan fingerprint density at radius 3 is 2.81 bits per heavy atom. The average molecular weight is 230 g/mol. The monoisotopic (exact) mass is 230 g/mol.